The second-order valence-corrected chi connectivity index (χ2v) is 5.18. The maximum Gasteiger partial charge on any atom is 0.194 e. The Morgan fingerprint density at radius 2 is 2.05 bits per heavy atom. The van der Waals surface area contributed by atoms with Crippen molar-refractivity contribution in [3.63, 3.8) is 0 Å². The lowest BCUT2D eigenvalue weighted by molar-refractivity contribution is 0.493. The fourth-order valence-electron chi connectivity index (χ4n) is 1.86. The molecule has 0 fully saturated rings. The minimum atomic E-state index is 0.821. The van der Waals surface area contributed by atoms with Crippen molar-refractivity contribution in [1.29, 1.82) is 0 Å². The summed E-state index contributed by atoms with van der Waals surface area (Å²) in [6.07, 6.45) is 5.83. The first-order chi connectivity index (χ1) is 9.33. The van der Waals surface area contributed by atoms with Gasteiger partial charge in [0, 0.05) is 16.9 Å². The monoisotopic (exact) mass is 276 g/mol. The second-order valence-electron chi connectivity index (χ2n) is 4.30. The van der Waals surface area contributed by atoms with E-state index in [1.165, 1.54) is 4.90 Å². The maximum atomic E-state index is 5.78. The van der Waals surface area contributed by atoms with E-state index in [2.05, 4.69) is 47.7 Å². The number of nitrogens with one attached hydrogen (secondary N) is 1. The predicted octanol–water partition coefficient (Wildman–Crippen LogP) is 3.61. The molecule has 0 aliphatic heterocycles. The zero-order chi connectivity index (χ0) is 13.5. The number of nitrogens with zero attached hydrogens (tertiary/aromatic N) is 1. The molecule has 4 heteroatoms. The number of hydrogen-bond donors (Lipinski definition) is 1. The van der Waals surface area contributed by atoms with Gasteiger partial charge in [-0.2, -0.15) is 0 Å². The average molecular weight is 276 g/mol. The third-order valence-electron chi connectivity index (χ3n) is 2.92. The fourth-order valence-corrected chi connectivity index (χ4v) is 2.26. The van der Waals surface area contributed by atoms with Gasteiger partial charge in [0.15, 0.2) is 11.7 Å². The average Bonchev–Trinajstić information content (AvgIpc) is 2.92. The molecule has 102 valence electrons. The summed E-state index contributed by atoms with van der Waals surface area (Å²) in [7, 11) is 0. The molecular formula is C15H20N2OS. The second kappa shape index (κ2) is 7.36. The van der Waals surface area contributed by atoms with E-state index in [9.17, 15) is 0 Å². The molecule has 1 aromatic carbocycles. The van der Waals surface area contributed by atoms with Gasteiger partial charge >= 0.3 is 0 Å². The van der Waals surface area contributed by atoms with E-state index in [0.29, 0.717) is 0 Å². The number of thioether (sulfide) groups is 1. The van der Waals surface area contributed by atoms with Crippen LogP contribution in [0.2, 0.25) is 0 Å². The van der Waals surface area contributed by atoms with Crippen LogP contribution in [0.15, 0.2) is 39.8 Å². The van der Waals surface area contributed by atoms with Crippen molar-refractivity contribution in [2.45, 2.75) is 24.7 Å². The summed E-state index contributed by atoms with van der Waals surface area (Å²) in [5.74, 6) is 1.67. The zero-order valence-corrected chi connectivity index (χ0v) is 12.3. The van der Waals surface area contributed by atoms with Crippen molar-refractivity contribution in [3.8, 4) is 11.3 Å². The minimum Gasteiger partial charge on any atom is -0.441 e. The Kier molecular flexibility index (Phi) is 5.48. The van der Waals surface area contributed by atoms with Crippen LogP contribution in [0.3, 0.4) is 0 Å². The van der Waals surface area contributed by atoms with Crippen LogP contribution in [0.1, 0.15) is 19.2 Å². The topological polar surface area (TPSA) is 38.1 Å². The summed E-state index contributed by atoms with van der Waals surface area (Å²) in [6, 6.07) is 8.37. The maximum absolute atomic E-state index is 5.78. The molecule has 1 N–H and O–H groups in total. The summed E-state index contributed by atoms with van der Waals surface area (Å²) in [5, 5.41) is 3.30. The molecule has 2 aromatic rings. The van der Waals surface area contributed by atoms with Crippen molar-refractivity contribution >= 4 is 11.8 Å². The van der Waals surface area contributed by atoms with Crippen molar-refractivity contribution in [1.82, 2.24) is 10.3 Å². The Labute approximate surface area is 118 Å². The van der Waals surface area contributed by atoms with Gasteiger partial charge in [0.25, 0.3) is 0 Å². The predicted molar refractivity (Wildman–Crippen MR) is 80.6 cm³/mol. The van der Waals surface area contributed by atoms with Crippen molar-refractivity contribution in [3.05, 3.63) is 36.4 Å². The molecule has 0 amide bonds. The van der Waals surface area contributed by atoms with Crippen LogP contribution in [-0.4, -0.2) is 24.3 Å². The third kappa shape index (κ3) is 4.11. The first-order valence-electron chi connectivity index (χ1n) is 6.63. The van der Waals surface area contributed by atoms with Crippen LogP contribution >= 0.6 is 11.8 Å². The van der Waals surface area contributed by atoms with E-state index < -0.39 is 0 Å². The van der Waals surface area contributed by atoms with Gasteiger partial charge in [-0.25, -0.2) is 4.98 Å². The molecule has 19 heavy (non-hydrogen) atoms. The highest BCUT2D eigenvalue weighted by Crippen LogP contribution is 2.23. The van der Waals surface area contributed by atoms with Gasteiger partial charge in [-0.15, -0.1) is 11.8 Å². The van der Waals surface area contributed by atoms with E-state index in [4.69, 9.17) is 4.42 Å². The molecule has 1 heterocycles. The van der Waals surface area contributed by atoms with Crippen LogP contribution in [-0.2, 0) is 6.42 Å². The Morgan fingerprint density at radius 1 is 1.26 bits per heavy atom. The molecule has 0 radical (unpaired) electrons. The number of hydrogen-bond acceptors (Lipinski definition) is 4. The molecule has 2 rings (SSSR count). The molecule has 0 bridgehead atoms. The molecule has 0 saturated carbocycles. The molecule has 1 aromatic heterocycles. The van der Waals surface area contributed by atoms with Gasteiger partial charge < -0.3 is 9.73 Å². The number of rotatable bonds is 7. The Balaban J connectivity index is 1.95. The summed E-state index contributed by atoms with van der Waals surface area (Å²) in [4.78, 5) is 5.59. The minimum absolute atomic E-state index is 0.821. The van der Waals surface area contributed by atoms with E-state index in [0.717, 1.165) is 43.1 Å². The quantitative estimate of drug-likeness (QED) is 0.619. The summed E-state index contributed by atoms with van der Waals surface area (Å²) in [6.45, 7) is 4.14. The lowest BCUT2D eigenvalue weighted by atomic mass is 10.2. The Bertz CT molecular complexity index is 493. The molecule has 0 unspecified atom stereocenters. The molecular weight excluding hydrogens is 256 g/mol. The van der Waals surface area contributed by atoms with Gasteiger partial charge in [-0.05, 0) is 37.9 Å². The van der Waals surface area contributed by atoms with E-state index in [1.807, 2.05) is 6.20 Å². The van der Waals surface area contributed by atoms with Crippen molar-refractivity contribution in [2.24, 2.45) is 0 Å². The SMILES string of the molecule is CCNCCCc1ncc(-c2ccc(SC)cc2)o1. The van der Waals surface area contributed by atoms with Crippen LogP contribution in [0.25, 0.3) is 11.3 Å². The van der Waals surface area contributed by atoms with E-state index in [-0.39, 0.29) is 0 Å². The smallest absolute Gasteiger partial charge is 0.194 e. The normalized spacial score (nSPS) is 10.8. The van der Waals surface area contributed by atoms with Gasteiger partial charge in [0.2, 0.25) is 0 Å². The molecule has 0 saturated heterocycles. The fraction of sp³-hybridized carbons (Fsp3) is 0.400. The molecule has 0 aliphatic carbocycles. The van der Waals surface area contributed by atoms with Crippen LogP contribution < -0.4 is 5.32 Å². The molecule has 0 aliphatic rings. The Morgan fingerprint density at radius 3 is 2.74 bits per heavy atom. The van der Waals surface area contributed by atoms with Gasteiger partial charge in [0.05, 0.1) is 6.20 Å². The molecule has 0 spiro atoms. The lowest BCUT2D eigenvalue weighted by Crippen LogP contribution is -2.14. The Hall–Kier alpha value is -1.26. The summed E-state index contributed by atoms with van der Waals surface area (Å²) < 4.78 is 5.78. The molecule has 0 atom stereocenters. The highest BCUT2D eigenvalue weighted by molar-refractivity contribution is 7.98. The van der Waals surface area contributed by atoms with Gasteiger partial charge in [0.1, 0.15) is 0 Å². The zero-order valence-electron chi connectivity index (χ0n) is 11.5. The lowest BCUT2D eigenvalue weighted by Gasteiger charge is -1.99. The summed E-state index contributed by atoms with van der Waals surface area (Å²) in [5.41, 5.74) is 1.09. The number of aryl methyl sites for hydroxylation is 1. The first-order valence-corrected chi connectivity index (χ1v) is 7.85. The van der Waals surface area contributed by atoms with Crippen LogP contribution in [0.5, 0.6) is 0 Å². The molecule has 3 nitrogen and oxygen atoms in total. The van der Waals surface area contributed by atoms with Gasteiger partial charge in [-0.1, -0.05) is 19.1 Å². The highest BCUT2D eigenvalue weighted by atomic mass is 32.2. The van der Waals surface area contributed by atoms with Crippen LogP contribution in [0, 0.1) is 0 Å². The summed E-state index contributed by atoms with van der Waals surface area (Å²) >= 11 is 1.74. The van der Waals surface area contributed by atoms with E-state index in [1.54, 1.807) is 11.8 Å². The largest absolute Gasteiger partial charge is 0.441 e. The van der Waals surface area contributed by atoms with Crippen LogP contribution in [0.4, 0.5) is 0 Å². The number of benzene rings is 1. The number of oxazole rings is 1. The van der Waals surface area contributed by atoms with Gasteiger partial charge in [-0.3, -0.25) is 0 Å². The highest BCUT2D eigenvalue weighted by Gasteiger charge is 2.06. The standard InChI is InChI=1S/C15H20N2OS/c1-3-16-10-4-5-15-17-11-14(18-15)12-6-8-13(19-2)9-7-12/h6-9,11,16H,3-5,10H2,1-2H3. The number of aromatic nitrogens is 1. The third-order valence-corrected chi connectivity index (χ3v) is 3.67. The van der Waals surface area contributed by atoms with Crippen molar-refractivity contribution in [2.75, 3.05) is 19.3 Å². The van der Waals surface area contributed by atoms with Crippen molar-refractivity contribution < 1.29 is 4.42 Å². The van der Waals surface area contributed by atoms with E-state index >= 15 is 0 Å². The first kappa shape index (κ1) is 14.2.